The average molecular weight is 440 g/mol. The minimum absolute atomic E-state index is 0.260. The van der Waals surface area contributed by atoms with Gasteiger partial charge in [-0.15, -0.1) is 0 Å². The van der Waals surface area contributed by atoms with Gasteiger partial charge in [-0.3, -0.25) is 14.6 Å². The standard InChI is InChI=1S/C25H33N3O4/c1-17-22(14-27-25(30)23-9-8-20(32-23)16-31-2)21-10-11-28(15-19(21)13-26-17)24(29)12-18-6-4-3-5-7-18/h8-9,13,18H,3-7,10-12,14-16H2,1-2H3,(H,27,30). The van der Waals surface area contributed by atoms with E-state index in [4.69, 9.17) is 9.15 Å². The van der Waals surface area contributed by atoms with Gasteiger partial charge < -0.3 is 19.4 Å². The second-order valence-electron chi connectivity index (χ2n) is 8.98. The fourth-order valence-corrected chi connectivity index (χ4v) is 4.91. The molecule has 0 radical (unpaired) electrons. The van der Waals surface area contributed by atoms with E-state index in [0.29, 0.717) is 37.8 Å². The van der Waals surface area contributed by atoms with Crippen LogP contribution >= 0.6 is 0 Å². The summed E-state index contributed by atoms with van der Waals surface area (Å²) in [6.07, 6.45) is 9.53. The zero-order valence-electron chi connectivity index (χ0n) is 19.1. The molecule has 7 heteroatoms. The Kier molecular flexibility index (Phi) is 7.25. The summed E-state index contributed by atoms with van der Waals surface area (Å²) in [4.78, 5) is 31.9. The molecule has 32 heavy (non-hydrogen) atoms. The number of methoxy groups -OCH3 is 1. The molecule has 7 nitrogen and oxygen atoms in total. The van der Waals surface area contributed by atoms with Gasteiger partial charge in [-0.2, -0.15) is 0 Å². The van der Waals surface area contributed by atoms with E-state index in [1.54, 1.807) is 19.2 Å². The minimum Gasteiger partial charge on any atom is -0.453 e. The SMILES string of the molecule is COCc1ccc(C(=O)NCc2c(C)ncc3c2CCN(C(=O)CC2CCCCC2)C3)o1. The number of carbonyl (C=O) groups is 2. The van der Waals surface area contributed by atoms with Gasteiger partial charge in [-0.05, 0) is 60.9 Å². The molecule has 1 aliphatic carbocycles. The van der Waals surface area contributed by atoms with E-state index in [1.165, 1.54) is 37.7 Å². The fraction of sp³-hybridized carbons (Fsp3) is 0.560. The maximum Gasteiger partial charge on any atom is 0.287 e. The number of hydrogen-bond donors (Lipinski definition) is 1. The van der Waals surface area contributed by atoms with Crippen LogP contribution in [0.3, 0.4) is 0 Å². The number of rotatable bonds is 7. The van der Waals surface area contributed by atoms with Crippen molar-refractivity contribution in [2.45, 2.75) is 71.6 Å². The molecule has 0 bridgehead atoms. The van der Waals surface area contributed by atoms with Crippen LogP contribution in [-0.4, -0.2) is 35.4 Å². The Bertz CT molecular complexity index is 962. The van der Waals surface area contributed by atoms with Gasteiger partial charge in [0.05, 0.1) is 0 Å². The highest BCUT2D eigenvalue weighted by atomic mass is 16.5. The molecule has 172 valence electrons. The Morgan fingerprint density at radius 1 is 1.25 bits per heavy atom. The minimum atomic E-state index is -0.260. The van der Waals surface area contributed by atoms with Crippen LogP contribution in [0.5, 0.6) is 0 Å². The number of pyridine rings is 1. The molecule has 1 saturated carbocycles. The summed E-state index contributed by atoms with van der Waals surface area (Å²) in [7, 11) is 1.58. The number of fused-ring (bicyclic) bond motifs is 1. The Morgan fingerprint density at radius 3 is 2.84 bits per heavy atom. The lowest BCUT2D eigenvalue weighted by Gasteiger charge is -2.32. The lowest BCUT2D eigenvalue weighted by Crippen LogP contribution is -2.38. The molecule has 0 saturated heterocycles. The van der Waals surface area contributed by atoms with Gasteiger partial charge in [0.1, 0.15) is 12.4 Å². The first-order valence-electron chi connectivity index (χ1n) is 11.6. The zero-order chi connectivity index (χ0) is 22.5. The number of aromatic nitrogens is 1. The molecule has 2 amide bonds. The van der Waals surface area contributed by atoms with Gasteiger partial charge in [0.25, 0.3) is 5.91 Å². The summed E-state index contributed by atoms with van der Waals surface area (Å²) in [6, 6.07) is 3.40. The van der Waals surface area contributed by atoms with Gasteiger partial charge in [0.2, 0.25) is 5.91 Å². The van der Waals surface area contributed by atoms with Gasteiger partial charge >= 0.3 is 0 Å². The number of ether oxygens (including phenoxy) is 1. The van der Waals surface area contributed by atoms with Gasteiger partial charge in [0.15, 0.2) is 5.76 Å². The van der Waals surface area contributed by atoms with Crippen LogP contribution in [0.15, 0.2) is 22.7 Å². The number of aryl methyl sites for hydroxylation is 1. The van der Waals surface area contributed by atoms with Crippen LogP contribution in [-0.2, 0) is 35.6 Å². The largest absolute Gasteiger partial charge is 0.453 e. The monoisotopic (exact) mass is 439 g/mol. The Labute approximate surface area is 189 Å². The summed E-state index contributed by atoms with van der Waals surface area (Å²) >= 11 is 0. The second-order valence-corrected chi connectivity index (χ2v) is 8.98. The summed E-state index contributed by atoms with van der Waals surface area (Å²) < 4.78 is 10.6. The number of hydrogen-bond acceptors (Lipinski definition) is 5. The molecule has 1 N–H and O–H groups in total. The number of nitrogens with one attached hydrogen (secondary N) is 1. The molecular formula is C25H33N3O4. The first kappa shape index (κ1) is 22.5. The fourth-order valence-electron chi connectivity index (χ4n) is 4.91. The average Bonchev–Trinajstić information content (AvgIpc) is 3.27. The molecule has 3 heterocycles. The quantitative estimate of drug-likeness (QED) is 0.707. The Morgan fingerprint density at radius 2 is 2.06 bits per heavy atom. The molecule has 2 aromatic rings. The molecule has 0 unspecified atom stereocenters. The summed E-state index contributed by atoms with van der Waals surface area (Å²) in [6.45, 7) is 4.01. The lowest BCUT2D eigenvalue weighted by atomic mass is 9.86. The number of furan rings is 1. The molecular weight excluding hydrogens is 406 g/mol. The van der Waals surface area contributed by atoms with Crippen molar-refractivity contribution in [3.8, 4) is 0 Å². The molecule has 0 atom stereocenters. The molecule has 0 aromatic carbocycles. The molecule has 1 fully saturated rings. The smallest absolute Gasteiger partial charge is 0.287 e. The van der Waals surface area contributed by atoms with Crippen molar-refractivity contribution in [3.63, 3.8) is 0 Å². The van der Waals surface area contributed by atoms with Gasteiger partial charge in [0, 0.05) is 45.1 Å². The molecule has 1 aliphatic heterocycles. The van der Waals surface area contributed by atoms with E-state index >= 15 is 0 Å². The Balaban J connectivity index is 1.39. The highest BCUT2D eigenvalue weighted by molar-refractivity contribution is 5.91. The van der Waals surface area contributed by atoms with E-state index in [9.17, 15) is 9.59 Å². The normalized spacial score (nSPS) is 16.6. The van der Waals surface area contributed by atoms with Crippen LogP contribution in [0.4, 0.5) is 0 Å². The first-order chi connectivity index (χ1) is 15.5. The maximum absolute atomic E-state index is 12.9. The van der Waals surface area contributed by atoms with Gasteiger partial charge in [-0.25, -0.2) is 0 Å². The van der Waals surface area contributed by atoms with Crippen molar-refractivity contribution in [1.82, 2.24) is 15.2 Å². The van der Waals surface area contributed by atoms with Crippen LogP contribution in [0.1, 0.15) is 77.2 Å². The van der Waals surface area contributed by atoms with Crippen LogP contribution in [0.25, 0.3) is 0 Å². The highest BCUT2D eigenvalue weighted by Gasteiger charge is 2.26. The maximum atomic E-state index is 12.9. The van der Waals surface area contributed by atoms with Crippen molar-refractivity contribution in [2.24, 2.45) is 5.92 Å². The van der Waals surface area contributed by atoms with Crippen molar-refractivity contribution in [3.05, 3.63) is 52.2 Å². The first-order valence-corrected chi connectivity index (χ1v) is 11.6. The molecule has 2 aliphatic rings. The predicted molar refractivity (Wildman–Crippen MR) is 120 cm³/mol. The highest BCUT2D eigenvalue weighted by Crippen LogP contribution is 2.29. The molecule has 0 spiro atoms. The van der Waals surface area contributed by atoms with Crippen molar-refractivity contribution < 1.29 is 18.7 Å². The summed E-state index contributed by atoms with van der Waals surface area (Å²) in [5.74, 6) is 1.44. The predicted octanol–water partition coefficient (Wildman–Crippen LogP) is 3.91. The lowest BCUT2D eigenvalue weighted by molar-refractivity contribution is -0.133. The van der Waals surface area contributed by atoms with E-state index in [-0.39, 0.29) is 17.6 Å². The third-order valence-electron chi connectivity index (χ3n) is 6.73. The zero-order valence-corrected chi connectivity index (χ0v) is 19.1. The van der Waals surface area contributed by atoms with E-state index in [0.717, 1.165) is 29.8 Å². The summed E-state index contributed by atoms with van der Waals surface area (Å²) in [5.41, 5.74) is 4.24. The topological polar surface area (TPSA) is 84.7 Å². The van der Waals surface area contributed by atoms with Gasteiger partial charge in [-0.1, -0.05) is 19.3 Å². The van der Waals surface area contributed by atoms with E-state index in [2.05, 4.69) is 10.3 Å². The molecule has 2 aromatic heterocycles. The number of carbonyl (C=O) groups excluding carboxylic acids is 2. The third-order valence-corrected chi connectivity index (χ3v) is 6.73. The van der Waals surface area contributed by atoms with E-state index in [1.807, 2.05) is 18.0 Å². The second kappa shape index (κ2) is 10.3. The summed E-state index contributed by atoms with van der Waals surface area (Å²) in [5, 5.41) is 2.96. The third kappa shape index (κ3) is 5.21. The van der Waals surface area contributed by atoms with Crippen LogP contribution < -0.4 is 5.32 Å². The van der Waals surface area contributed by atoms with Crippen molar-refractivity contribution in [2.75, 3.05) is 13.7 Å². The van der Waals surface area contributed by atoms with Crippen LogP contribution in [0.2, 0.25) is 0 Å². The van der Waals surface area contributed by atoms with Crippen molar-refractivity contribution in [1.29, 1.82) is 0 Å². The number of nitrogens with zero attached hydrogens (tertiary/aromatic N) is 2. The van der Waals surface area contributed by atoms with Crippen LogP contribution in [0, 0.1) is 12.8 Å². The Hall–Kier alpha value is -2.67. The van der Waals surface area contributed by atoms with Crippen molar-refractivity contribution >= 4 is 11.8 Å². The number of amides is 2. The van der Waals surface area contributed by atoms with E-state index < -0.39 is 0 Å². The molecule has 4 rings (SSSR count).